The fourth-order valence-electron chi connectivity index (χ4n) is 3.58. The Kier molecular flexibility index (Phi) is 11.0. The van der Waals surface area contributed by atoms with Crippen molar-refractivity contribution in [1.29, 1.82) is 0 Å². The summed E-state index contributed by atoms with van der Waals surface area (Å²) in [4.78, 5) is 14.6. The number of methoxy groups -OCH3 is 2. The highest BCUT2D eigenvalue weighted by Crippen LogP contribution is 2.41. The first kappa shape index (κ1) is 25.6. The van der Waals surface area contributed by atoms with Crippen molar-refractivity contribution in [2.24, 2.45) is 0 Å². The molecular formula is C24H33NO7. The molecule has 2 N–H and O–H groups in total. The second-order valence-corrected chi connectivity index (χ2v) is 7.03. The second-order valence-electron chi connectivity index (χ2n) is 7.03. The number of hydrogen-bond donors (Lipinski definition) is 2. The van der Waals surface area contributed by atoms with Crippen molar-refractivity contribution in [2.45, 2.75) is 19.8 Å². The van der Waals surface area contributed by atoms with Gasteiger partial charge >= 0.3 is 0 Å². The van der Waals surface area contributed by atoms with Gasteiger partial charge in [0.05, 0.1) is 19.6 Å². The average molecular weight is 448 g/mol. The van der Waals surface area contributed by atoms with Crippen LogP contribution in [-0.2, 0) is 27.1 Å². The van der Waals surface area contributed by atoms with Crippen LogP contribution in [0, 0.1) is 0 Å². The third kappa shape index (κ3) is 6.67. The van der Waals surface area contributed by atoms with Crippen LogP contribution in [0.1, 0.15) is 18.1 Å². The van der Waals surface area contributed by atoms with E-state index in [2.05, 4.69) is 0 Å². The fraction of sp³-hybridized carbons (Fsp3) is 0.458. The van der Waals surface area contributed by atoms with Gasteiger partial charge in [-0.1, -0.05) is 37.3 Å². The normalized spacial score (nSPS) is 10.8. The summed E-state index contributed by atoms with van der Waals surface area (Å²) in [5, 5.41) is 18.7. The lowest BCUT2D eigenvalue weighted by atomic mass is 9.90. The van der Waals surface area contributed by atoms with Crippen LogP contribution in [0.15, 0.2) is 36.4 Å². The molecule has 1 amide bonds. The highest BCUT2D eigenvalue weighted by molar-refractivity contribution is 5.86. The first-order chi connectivity index (χ1) is 15.6. The molecule has 32 heavy (non-hydrogen) atoms. The number of nitrogens with zero attached hydrogens (tertiary/aromatic N) is 1. The number of aliphatic hydroxyl groups is 2. The number of aliphatic hydroxyl groups excluding tert-OH is 2. The van der Waals surface area contributed by atoms with Gasteiger partial charge in [0.25, 0.3) is 0 Å². The molecule has 0 aliphatic rings. The molecule has 0 fully saturated rings. The maximum Gasteiger partial charge on any atom is 0.227 e. The van der Waals surface area contributed by atoms with Crippen LogP contribution in [0.5, 0.6) is 11.5 Å². The highest BCUT2D eigenvalue weighted by atomic mass is 16.7. The van der Waals surface area contributed by atoms with Gasteiger partial charge in [-0.25, -0.2) is 0 Å². The van der Waals surface area contributed by atoms with Gasteiger partial charge in [-0.2, -0.15) is 0 Å². The largest absolute Gasteiger partial charge is 0.467 e. The van der Waals surface area contributed by atoms with E-state index in [1.165, 1.54) is 12.0 Å². The minimum atomic E-state index is -0.207. The predicted octanol–water partition coefficient (Wildman–Crippen LogP) is 2.24. The predicted molar refractivity (Wildman–Crippen MR) is 121 cm³/mol. The van der Waals surface area contributed by atoms with Crippen molar-refractivity contribution in [3.63, 3.8) is 0 Å². The van der Waals surface area contributed by atoms with Gasteiger partial charge in [-0.05, 0) is 23.1 Å². The lowest BCUT2D eigenvalue weighted by Crippen LogP contribution is -2.37. The zero-order chi connectivity index (χ0) is 23.3. The van der Waals surface area contributed by atoms with E-state index in [1.807, 2.05) is 37.3 Å². The zero-order valence-corrected chi connectivity index (χ0v) is 19.0. The third-order valence-corrected chi connectivity index (χ3v) is 4.97. The van der Waals surface area contributed by atoms with E-state index in [9.17, 15) is 15.0 Å². The van der Waals surface area contributed by atoms with E-state index in [0.717, 1.165) is 22.3 Å². The van der Waals surface area contributed by atoms with E-state index in [4.69, 9.17) is 18.9 Å². The monoisotopic (exact) mass is 447 g/mol. The molecule has 0 saturated heterocycles. The van der Waals surface area contributed by atoms with Crippen molar-refractivity contribution in [2.75, 3.05) is 54.1 Å². The minimum absolute atomic E-state index is 0.0313. The van der Waals surface area contributed by atoms with Crippen LogP contribution >= 0.6 is 0 Å². The van der Waals surface area contributed by atoms with Crippen molar-refractivity contribution >= 4 is 5.91 Å². The van der Waals surface area contributed by atoms with Crippen LogP contribution < -0.4 is 9.47 Å². The minimum Gasteiger partial charge on any atom is -0.467 e. The topological polar surface area (TPSA) is 97.7 Å². The maximum absolute atomic E-state index is 13.2. The molecule has 0 saturated carbocycles. The first-order valence-electron chi connectivity index (χ1n) is 10.6. The van der Waals surface area contributed by atoms with E-state index in [-0.39, 0.29) is 52.2 Å². The van der Waals surface area contributed by atoms with E-state index >= 15 is 0 Å². The van der Waals surface area contributed by atoms with Gasteiger partial charge in [0.2, 0.25) is 5.91 Å². The van der Waals surface area contributed by atoms with Crippen LogP contribution in [0.2, 0.25) is 0 Å². The van der Waals surface area contributed by atoms with Gasteiger partial charge in [-0.3, -0.25) is 4.79 Å². The molecule has 2 rings (SSSR count). The number of ether oxygens (including phenoxy) is 4. The quantitative estimate of drug-likeness (QED) is 0.429. The summed E-state index contributed by atoms with van der Waals surface area (Å²) in [6, 6.07) is 11.5. The Morgan fingerprint density at radius 3 is 2.03 bits per heavy atom. The summed E-state index contributed by atoms with van der Waals surface area (Å²) in [5.74, 6) is 0.889. The Hall–Kier alpha value is -2.65. The second kappa shape index (κ2) is 13.7. The molecule has 0 aromatic heterocycles. The van der Waals surface area contributed by atoms with Crippen LogP contribution in [0.4, 0.5) is 0 Å². The molecule has 8 heteroatoms. The molecule has 2 aromatic rings. The van der Waals surface area contributed by atoms with Gasteiger partial charge in [0, 0.05) is 38.9 Å². The summed E-state index contributed by atoms with van der Waals surface area (Å²) in [7, 11) is 3.08. The standard InChI is InChI=1S/C24H33NO7/c1-4-19-20(14-23(28)25(10-12-26)11-13-27)24(18-8-6-5-7-9-18)22(32-17-30-3)15-21(19)31-16-29-2/h5-9,15,26-27H,4,10-14,16-17H2,1-3H3. The van der Waals surface area contributed by atoms with E-state index < -0.39 is 0 Å². The van der Waals surface area contributed by atoms with Crippen molar-refractivity contribution in [3.8, 4) is 22.6 Å². The molecule has 0 heterocycles. The van der Waals surface area contributed by atoms with Gasteiger partial charge in [-0.15, -0.1) is 0 Å². The van der Waals surface area contributed by atoms with E-state index in [0.29, 0.717) is 17.9 Å². The summed E-state index contributed by atoms with van der Waals surface area (Å²) in [5.41, 5.74) is 3.31. The van der Waals surface area contributed by atoms with Gasteiger partial charge in [0.15, 0.2) is 13.6 Å². The van der Waals surface area contributed by atoms with Crippen molar-refractivity contribution in [3.05, 3.63) is 47.5 Å². The number of carbonyl (C=O) groups excluding carboxylic acids is 1. The van der Waals surface area contributed by atoms with Crippen molar-refractivity contribution in [1.82, 2.24) is 4.90 Å². The smallest absolute Gasteiger partial charge is 0.227 e. The summed E-state index contributed by atoms with van der Waals surface area (Å²) < 4.78 is 21.9. The fourth-order valence-corrected chi connectivity index (χ4v) is 3.58. The van der Waals surface area contributed by atoms with Crippen LogP contribution in [0.25, 0.3) is 11.1 Å². The average Bonchev–Trinajstić information content (AvgIpc) is 2.81. The molecule has 0 aliphatic heterocycles. The zero-order valence-electron chi connectivity index (χ0n) is 19.0. The maximum atomic E-state index is 13.2. The number of rotatable bonds is 14. The van der Waals surface area contributed by atoms with Gasteiger partial charge in [0.1, 0.15) is 11.5 Å². The summed E-state index contributed by atoms with van der Waals surface area (Å²) in [6.45, 7) is 2.00. The van der Waals surface area contributed by atoms with E-state index in [1.54, 1.807) is 13.2 Å². The third-order valence-electron chi connectivity index (χ3n) is 4.97. The summed E-state index contributed by atoms with van der Waals surface area (Å²) in [6.07, 6.45) is 0.674. The highest BCUT2D eigenvalue weighted by Gasteiger charge is 2.24. The Morgan fingerprint density at radius 2 is 1.50 bits per heavy atom. The molecule has 176 valence electrons. The molecule has 2 aromatic carbocycles. The number of benzene rings is 2. The van der Waals surface area contributed by atoms with Gasteiger partial charge < -0.3 is 34.1 Å². The number of amides is 1. The Bertz CT molecular complexity index is 836. The molecule has 0 unspecified atom stereocenters. The van der Waals surface area contributed by atoms with Crippen molar-refractivity contribution < 1.29 is 34.0 Å². The molecular weight excluding hydrogens is 414 g/mol. The Balaban J connectivity index is 2.68. The molecule has 0 spiro atoms. The number of hydrogen-bond acceptors (Lipinski definition) is 7. The molecule has 0 atom stereocenters. The molecule has 0 aliphatic carbocycles. The molecule has 0 radical (unpaired) electrons. The Labute approximate surface area is 189 Å². The SMILES string of the molecule is CCc1c(OCOC)cc(OCOC)c(-c2ccccc2)c1CC(=O)N(CCO)CCO. The van der Waals surface area contributed by atoms with Crippen LogP contribution in [-0.4, -0.2) is 75.1 Å². The Morgan fingerprint density at radius 1 is 0.906 bits per heavy atom. The molecule has 8 nitrogen and oxygen atoms in total. The number of carbonyl (C=O) groups is 1. The van der Waals surface area contributed by atoms with Crippen LogP contribution in [0.3, 0.4) is 0 Å². The lowest BCUT2D eigenvalue weighted by molar-refractivity contribution is -0.131. The lowest BCUT2D eigenvalue weighted by Gasteiger charge is -2.25. The first-order valence-corrected chi connectivity index (χ1v) is 10.6. The summed E-state index contributed by atoms with van der Waals surface area (Å²) >= 11 is 0. The molecule has 0 bridgehead atoms.